The van der Waals surface area contributed by atoms with Crippen LogP contribution in [0.4, 0.5) is 13.2 Å². The topological polar surface area (TPSA) is 15.3 Å². The minimum Gasteiger partial charge on any atom is -0.312 e. The standard InChI is InChI=1S/C10H19F3N2/c1-7(2)15(3)6-9-8(4-5-14-9)10(11,12)13/h7-9,14H,4-6H2,1-3H3. The number of hydrogen-bond donors (Lipinski definition) is 1. The molecule has 0 aromatic heterocycles. The zero-order valence-corrected chi connectivity index (χ0v) is 9.43. The summed E-state index contributed by atoms with van der Waals surface area (Å²) in [5.41, 5.74) is 0. The van der Waals surface area contributed by atoms with Crippen molar-refractivity contribution in [2.45, 2.75) is 38.5 Å². The van der Waals surface area contributed by atoms with Gasteiger partial charge in [-0.25, -0.2) is 0 Å². The van der Waals surface area contributed by atoms with Gasteiger partial charge in [0.15, 0.2) is 0 Å². The molecule has 1 saturated heterocycles. The van der Waals surface area contributed by atoms with Gasteiger partial charge in [0.1, 0.15) is 0 Å². The highest BCUT2D eigenvalue weighted by atomic mass is 19.4. The fourth-order valence-electron chi connectivity index (χ4n) is 1.87. The quantitative estimate of drug-likeness (QED) is 0.787. The highest BCUT2D eigenvalue weighted by molar-refractivity contribution is 4.90. The van der Waals surface area contributed by atoms with Gasteiger partial charge in [-0.1, -0.05) is 0 Å². The van der Waals surface area contributed by atoms with Gasteiger partial charge in [-0.05, 0) is 33.9 Å². The van der Waals surface area contributed by atoms with Crippen LogP contribution >= 0.6 is 0 Å². The first-order chi connectivity index (χ1) is 6.82. The van der Waals surface area contributed by atoms with Crippen molar-refractivity contribution in [3.05, 3.63) is 0 Å². The molecule has 1 aliphatic rings. The summed E-state index contributed by atoms with van der Waals surface area (Å²) < 4.78 is 37.8. The van der Waals surface area contributed by atoms with Gasteiger partial charge in [0.2, 0.25) is 0 Å². The van der Waals surface area contributed by atoms with E-state index in [2.05, 4.69) is 5.32 Å². The fourth-order valence-corrected chi connectivity index (χ4v) is 1.87. The van der Waals surface area contributed by atoms with E-state index in [1.54, 1.807) is 0 Å². The summed E-state index contributed by atoms with van der Waals surface area (Å²) >= 11 is 0. The molecule has 90 valence electrons. The van der Waals surface area contributed by atoms with E-state index in [1.165, 1.54) is 0 Å². The molecule has 1 aliphatic heterocycles. The Balaban J connectivity index is 2.54. The van der Waals surface area contributed by atoms with Crippen LogP contribution in [0.5, 0.6) is 0 Å². The van der Waals surface area contributed by atoms with Crippen molar-refractivity contribution < 1.29 is 13.2 Å². The minimum absolute atomic E-state index is 0.208. The van der Waals surface area contributed by atoms with Gasteiger partial charge < -0.3 is 10.2 Å². The van der Waals surface area contributed by atoms with Gasteiger partial charge in [-0.15, -0.1) is 0 Å². The van der Waals surface area contributed by atoms with Gasteiger partial charge >= 0.3 is 6.18 Å². The predicted octanol–water partition coefficient (Wildman–Crippen LogP) is 1.87. The van der Waals surface area contributed by atoms with E-state index in [-0.39, 0.29) is 12.5 Å². The second-order valence-electron chi connectivity index (χ2n) is 4.53. The number of hydrogen-bond acceptors (Lipinski definition) is 2. The molecule has 0 saturated carbocycles. The highest BCUT2D eigenvalue weighted by Crippen LogP contribution is 2.34. The molecule has 0 aromatic rings. The van der Waals surface area contributed by atoms with E-state index in [4.69, 9.17) is 0 Å². The maximum Gasteiger partial charge on any atom is 0.393 e. The fraction of sp³-hybridized carbons (Fsp3) is 1.00. The Hall–Kier alpha value is -0.290. The van der Waals surface area contributed by atoms with Crippen LogP contribution in [0, 0.1) is 5.92 Å². The molecule has 1 fully saturated rings. The lowest BCUT2D eigenvalue weighted by Gasteiger charge is -2.29. The van der Waals surface area contributed by atoms with Crippen LogP contribution < -0.4 is 5.32 Å². The summed E-state index contributed by atoms with van der Waals surface area (Å²) in [7, 11) is 1.86. The van der Waals surface area contributed by atoms with Crippen LogP contribution in [0.2, 0.25) is 0 Å². The lowest BCUT2D eigenvalue weighted by molar-refractivity contribution is -0.177. The maximum absolute atomic E-state index is 12.6. The molecular formula is C10H19F3N2. The van der Waals surface area contributed by atoms with E-state index < -0.39 is 18.1 Å². The Morgan fingerprint density at radius 2 is 2.00 bits per heavy atom. The van der Waals surface area contributed by atoms with Crippen LogP contribution in [-0.2, 0) is 0 Å². The molecule has 2 atom stereocenters. The highest BCUT2D eigenvalue weighted by Gasteiger charge is 2.47. The molecule has 0 radical (unpaired) electrons. The molecule has 0 amide bonds. The van der Waals surface area contributed by atoms with Crippen molar-refractivity contribution in [3.63, 3.8) is 0 Å². The van der Waals surface area contributed by atoms with Gasteiger partial charge in [0, 0.05) is 18.6 Å². The lowest BCUT2D eigenvalue weighted by atomic mass is 9.99. The SMILES string of the molecule is CC(C)N(C)CC1NCCC1C(F)(F)F. The normalized spacial score (nSPS) is 28.0. The average Bonchev–Trinajstić information content (AvgIpc) is 2.50. The first-order valence-corrected chi connectivity index (χ1v) is 5.32. The third-order valence-corrected chi connectivity index (χ3v) is 3.13. The Kier molecular flexibility index (Phi) is 4.00. The minimum atomic E-state index is -4.06. The summed E-state index contributed by atoms with van der Waals surface area (Å²) in [6.45, 7) is 4.90. The Morgan fingerprint density at radius 3 is 2.47 bits per heavy atom. The first kappa shape index (κ1) is 12.8. The number of halogens is 3. The van der Waals surface area contributed by atoms with Crippen molar-refractivity contribution in [3.8, 4) is 0 Å². The smallest absolute Gasteiger partial charge is 0.312 e. The molecule has 0 aromatic carbocycles. The van der Waals surface area contributed by atoms with E-state index in [0.717, 1.165) is 0 Å². The molecule has 1 rings (SSSR count). The molecule has 0 aliphatic carbocycles. The molecule has 5 heteroatoms. The molecule has 0 spiro atoms. The maximum atomic E-state index is 12.6. The van der Waals surface area contributed by atoms with Gasteiger partial charge in [0.25, 0.3) is 0 Å². The third-order valence-electron chi connectivity index (χ3n) is 3.13. The lowest BCUT2D eigenvalue weighted by Crippen LogP contribution is -2.45. The Morgan fingerprint density at radius 1 is 1.40 bits per heavy atom. The average molecular weight is 224 g/mol. The number of alkyl halides is 3. The summed E-state index contributed by atoms with van der Waals surface area (Å²) in [6, 6.07) is -0.168. The predicted molar refractivity (Wildman–Crippen MR) is 53.7 cm³/mol. The third kappa shape index (κ3) is 3.34. The summed E-state index contributed by atoms with van der Waals surface area (Å²) in [5, 5.41) is 2.94. The van der Waals surface area contributed by atoms with E-state index >= 15 is 0 Å². The number of nitrogens with one attached hydrogen (secondary N) is 1. The Bertz CT molecular complexity index is 203. The van der Waals surface area contributed by atoms with Crippen molar-refractivity contribution in [1.29, 1.82) is 0 Å². The largest absolute Gasteiger partial charge is 0.393 e. The van der Waals surface area contributed by atoms with Crippen LogP contribution in [0.15, 0.2) is 0 Å². The summed E-state index contributed by atoms with van der Waals surface area (Å²) in [5.74, 6) is -1.18. The van der Waals surface area contributed by atoms with Crippen LogP contribution in [0.25, 0.3) is 0 Å². The second-order valence-corrected chi connectivity index (χ2v) is 4.53. The van der Waals surface area contributed by atoms with Crippen LogP contribution in [0.1, 0.15) is 20.3 Å². The molecule has 15 heavy (non-hydrogen) atoms. The van der Waals surface area contributed by atoms with Crippen molar-refractivity contribution >= 4 is 0 Å². The second kappa shape index (κ2) is 4.70. The summed E-state index contributed by atoms with van der Waals surface area (Å²) in [4.78, 5) is 1.95. The van der Waals surface area contributed by atoms with E-state index in [1.807, 2.05) is 25.8 Å². The number of rotatable bonds is 3. The molecule has 1 heterocycles. The number of likely N-dealkylation sites (N-methyl/N-ethyl adjacent to an activating group) is 1. The first-order valence-electron chi connectivity index (χ1n) is 5.32. The van der Waals surface area contributed by atoms with Crippen molar-refractivity contribution in [2.75, 3.05) is 20.1 Å². The monoisotopic (exact) mass is 224 g/mol. The molecule has 2 nitrogen and oxygen atoms in total. The Labute approximate surface area is 88.8 Å². The molecular weight excluding hydrogens is 205 g/mol. The van der Waals surface area contributed by atoms with Crippen LogP contribution in [0.3, 0.4) is 0 Å². The molecule has 1 N–H and O–H groups in total. The van der Waals surface area contributed by atoms with E-state index in [0.29, 0.717) is 13.1 Å². The van der Waals surface area contributed by atoms with Crippen molar-refractivity contribution in [1.82, 2.24) is 10.2 Å². The molecule has 2 unspecified atom stereocenters. The molecule has 0 bridgehead atoms. The van der Waals surface area contributed by atoms with Gasteiger partial charge in [-0.2, -0.15) is 13.2 Å². The van der Waals surface area contributed by atoms with Crippen LogP contribution in [-0.4, -0.2) is 43.3 Å². The van der Waals surface area contributed by atoms with Crippen molar-refractivity contribution in [2.24, 2.45) is 5.92 Å². The zero-order valence-electron chi connectivity index (χ0n) is 9.43. The number of nitrogens with zero attached hydrogens (tertiary/aromatic N) is 1. The van der Waals surface area contributed by atoms with E-state index in [9.17, 15) is 13.2 Å². The zero-order chi connectivity index (χ0) is 11.6. The van der Waals surface area contributed by atoms with Gasteiger partial charge in [-0.3, -0.25) is 0 Å². The summed E-state index contributed by atoms with van der Waals surface area (Å²) in [6.07, 6.45) is -3.86. The van der Waals surface area contributed by atoms with Gasteiger partial charge in [0.05, 0.1) is 5.92 Å².